The molecule has 17 nitrogen and oxygen atoms in total. The fourth-order valence-corrected chi connectivity index (χ4v) is 14.1. The highest BCUT2D eigenvalue weighted by Gasteiger charge is 2.47. The number of aliphatic hydroxyl groups excluding tert-OH is 1. The van der Waals surface area contributed by atoms with E-state index in [4.69, 9.17) is 4.98 Å². The molecule has 4 atom stereocenters. The lowest BCUT2D eigenvalue weighted by atomic mass is 9.92. The van der Waals surface area contributed by atoms with Crippen molar-refractivity contribution < 1.29 is 29.1 Å². The molecule has 1 saturated carbocycles. The lowest BCUT2D eigenvalue weighted by molar-refractivity contribution is -0.136. The number of imide groups is 2. The molecular formula is C53H56N10O7S. The zero-order valence-corrected chi connectivity index (χ0v) is 40.7. The molecule has 0 bridgehead atoms. The Balaban J connectivity index is 0.673. The maximum Gasteiger partial charge on any atom is 0.274 e. The van der Waals surface area contributed by atoms with Crippen LogP contribution in [-0.4, -0.2) is 116 Å². The van der Waals surface area contributed by atoms with Crippen LogP contribution in [0.1, 0.15) is 97.4 Å². The summed E-state index contributed by atoms with van der Waals surface area (Å²) in [5.74, 6) is -0.0311. The summed E-state index contributed by atoms with van der Waals surface area (Å²) >= 11 is 1.62. The molecule has 12 rings (SSSR count). The number of benzene rings is 1. The summed E-state index contributed by atoms with van der Waals surface area (Å²) in [6.45, 7) is 6.89. The number of nitrogens with one attached hydrogen (secondary N) is 2. The number of hydrogen-bond acceptors (Lipinski definition) is 14. The van der Waals surface area contributed by atoms with Crippen LogP contribution in [-0.2, 0) is 42.5 Å². The summed E-state index contributed by atoms with van der Waals surface area (Å²) in [5, 5.41) is 16.3. The van der Waals surface area contributed by atoms with Gasteiger partial charge in [-0.1, -0.05) is 0 Å². The van der Waals surface area contributed by atoms with Crippen molar-refractivity contribution in [3.63, 3.8) is 0 Å². The van der Waals surface area contributed by atoms with Gasteiger partial charge in [-0.25, -0.2) is 9.97 Å². The highest BCUT2D eigenvalue weighted by atomic mass is 32.1. The number of fused-ring (bicyclic) bond motifs is 5. The largest absolute Gasteiger partial charge is 0.392 e. The molecule has 2 aliphatic carbocycles. The van der Waals surface area contributed by atoms with Crippen molar-refractivity contribution >= 4 is 69.6 Å². The highest BCUT2D eigenvalue weighted by molar-refractivity contribution is 7.14. The summed E-state index contributed by atoms with van der Waals surface area (Å²) in [6.07, 6.45) is 12.8. The molecule has 4 fully saturated rings. The topological polar surface area (TPSA) is 194 Å². The normalized spacial score (nSPS) is 24.3. The van der Waals surface area contributed by atoms with Crippen molar-refractivity contribution in [1.29, 1.82) is 0 Å². The first-order valence-electron chi connectivity index (χ1n) is 25.0. The number of aryl methyl sites for hydroxylation is 2. The Hall–Kier alpha value is -6.76. The van der Waals surface area contributed by atoms with Gasteiger partial charge in [0.1, 0.15) is 23.4 Å². The SMILES string of the molecule is C[C@H]1CN(C2CC3CN(c4ccc5c(c4)C(=O)N(C4CCC(=O)NC4=O)C5=O)CC3C2)CCN1c1ccc(Nc2cc(-c3ccnc(N4CCc5c(sc6c5CCCC6)C4=O)c3CO)cn(C)c2=O)nc1. The predicted octanol–water partition coefficient (Wildman–Crippen LogP) is 5.05. The van der Waals surface area contributed by atoms with Gasteiger partial charge in [0.2, 0.25) is 11.8 Å². The molecule has 3 saturated heterocycles. The molecule has 0 radical (unpaired) electrons. The Morgan fingerprint density at radius 2 is 1.59 bits per heavy atom. The van der Waals surface area contributed by atoms with E-state index in [0.717, 1.165) is 98.8 Å². The quantitative estimate of drug-likeness (QED) is 0.167. The van der Waals surface area contributed by atoms with E-state index in [-0.39, 0.29) is 37.0 Å². The van der Waals surface area contributed by atoms with Crippen molar-refractivity contribution in [3.05, 3.63) is 109 Å². The van der Waals surface area contributed by atoms with Crippen LogP contribution in [0.2, 0.25) is 0 Å². The van der Waals surface area contributed by atoms with Crippen molar-refractivity contribution in [3.8, 4) is 11.1 Å². The van der Waals surface area contributed by atoms with Gasteiger partial charge in [-0.2, -0.15) is 0 Å². The van der Waals surface area contributed by atoms with Gasteiger partial charge in [-0.3, -0.25) is 48.8 Å². The lowest BCUT2D eigenvalue weighted by Gasteiger charge is -2.44. The number of aromatic nitrogens is 3. The fraction of sp³-hybridized carbons (Fsp3) is 0.434. The standard InChI is InChI=1S/C53H56N10O7S/c1-29-24-59(35-19-30-26-60(27-31(30)20-35)33-7-9-39-40(22-33)51(68)63(50(39)67)43-10-12-46(65)57-49(43)66)17-18-61(29)34-8-11-45(55-23-34)56-42-21-32(25-58(2)52(42)69)36-13-15-54-48(41(36)28-64)62-16-14-38-37-5-3-4-6-44(37)71-47(38)53(62)70/h7-9,11,13,15,21-23,25,29-31,35,43,64H,3-6,10,12,14,16-20,24,26-28H2,1-2H3,(H,55,56)(H,57,65,66)/t29-,30?,31?,35?,43?/m0/s1. The number of pyridine rings is 3. The predicted molar refractivity (Wildman–Crippen MR) is 268 cm³/mol. The molecular weight excluding hydrogens is 921 g/mol. The maximum absolute atomic E-state index is 14.0. The zero-order valence-electron chi connectivity index (χ0n) is 39.9. The first kappa shape index (κ1) is 45.4. The molecule has 1 aromatic carbocycles. The van der Waals surface area contributed by atoms with Crippen molar-refractivity contribution in [1.82, 2.24) is 29.7 Å². The van der Waals surface area contributed by atoms with E-state index < -0.39 is 29.7 Å². The van der Waals surface area contributed by atoms with E-state index in [1.807, 2.05) is 30.5 Å². The Morgan fingerprint density at radius 3 is 2.35 bits per heavy atom. The van der Waals surface area contributed by atoms with E-state index in [2.05, 4.69) is 37.2 Å². The van der Waals surface area contributed by atoms with Crippen molar-refractivity contribution in [2.45, 2.75) is 89.4 Å². The number of carbonyl (C=O) groups is 5. The number of hydrogen-bond donors (Lipinski definition) is 3. The number of piperidine rings is 1. The fourth-order valence-electron chi connectivity index (χ4n) is 12.7. The Bertz CT molecular complexity index is 3100. The number of piperazine rings is 1. The highest BCUT2D eigenvalue weighted by Crippen LogP contribution is 2.44. The molecule has 5 aliphatic heterocycles. The number of carbonyl (C=O) groups excluding carboxylic acids is 5. The van der Waals surface area contributed by atoms with Crippen LogP contribution in [0.4, 0.5) is 28.7 Å². The van der Waals surface area contributed by atoms with Crippen LogP contribution in [0.5, 0.6) is 0 Å². The Labute approximate surface area is 414 Å². The molecule has 7 aliphatic rings. The first-order valence-corrected chi connectivity index (χ1v) is 25.8. The van der Waals surface area contributed by atoms with Crippen LogP contribution in [0.3, 0.4) is 0 Å². The van der Waals surface area contributed by atoms with Gasteiger partial charge in [-0.15, -0.1) is 11.3 Å². The summed E-state index contributed by atoms with van der Waals surface area (Å²) in [5.41, 5.74) is 7.12. The van der Waals surface area contributed by atoms with Crippen LogP contribution in [0.15, 0.2) is 65.8 Å². The number of aliphatic hydroxyl groups is 1. The minimum atomic E-state index is -0.983. The van der Waals surface area contributed by atoms with E-state index >= 15 is 0 Å². The van der Waals surface area contributed by atoms with Crippen LogP contribution in [0, 0.1) is 11.8 Å². The van der Waals surface area contributed by atoms with Gasteiger partial charge in [0, 0.05) is 98.9 Å². The first-order chi connectivity index (χ1) is 34.4. The third kappa shape index (κ3) is 7.81. The second kappa shape index (κ2) is 17.8. The molecule has 9 heterocycles. The van der Waals surface area contributed by atoms with Gasteiger partial charge in [0.05, 0.1) is 34.5 Å². The molecule has 18 heteroatoms. The molecule has 4 aromatic heterocycles. The molecule has 366 valence electrons. The number of amides is 5. The van der Waals surface area contributed by atoms with Gasteiger partial charge in [-0.05, 0) is 129 Å². The van der Waals surface area contributed by atoms with E-state index in [0.29, 0.717) is 69.6 Å². The van der Waals surface area contributed by atoms with Crippen molar-refractivity contribution in [2.75, 3.05) is 59.3 Å². The third-order valence-corrected chi connectivity index (χ3v) is 17.6. The Kier molecular flexibility index (Phi) is 11.4. The van der Waals surface area contributed by atoms with Crippen LogP contribution < -0.4 is 30.9 Å². The summed E-state index contributed by atoms with van der Waals surface area (Å²) in [6, 6.07) is 12.7. The molecule has 3 N–H and O–H groups in total. The molecule has 0 spiro atoms. The van der Waals surface area contributed by atoms with Crippen molar-refractivity contribution in [2.24, 2.45) is 18.9 Å². The molecule has 3 unspecified atom stereocenters. The number of nitrogens with zero attached hydrogens (tertiary/aromatic N) is 8. The number of thiophene rings is 1. The summed E-state index contributed by atoms with van der Waals surface area (Å²) in [4.78, 5) is 100. The second-order valence-electron chi connectivity index (χ2n) is 20.4. The van der Waals surface area contributed by atoms with Gasteiger partial charge < -0.3 is 24.8 Å². The number of anilines is 5. The van der Waals surface area contributed by atoms with Gasteiger partial charge in [0.15, 0.2) is 0 Å². The zero-order chi connectivity index (χ0) is 48.8. The van der Waals surface area contributed by atoms with E-state index in [1.165, 1.54) is 20.6 Å². The minimum Gasteiger partial charge on any atom is -0.392 e. The van der Waals surface area contributed by atoms with Gasteiger partial charge in [0.25, 0.3) is 23.3 Å². The lowest BCUT2D eigenvalue weighted by Crippen LogP contribution is -2.54. The average molecular weight is 977 g/mol. The second-order valence-corrected chi connectivity index (χ2v) is 21.5. The third-order valence-electron chi connectivity index (χ3n) is 16.3. The molecule has 5 aromatic rings. The summed E-state index contributed by atoms with van der Waals surface area (Å²) in [7, 11) is 1.70. The molecule has 71 heavy (non-hydrogen) atoms. The smallest absolute Gasteiger partial charge is 0.274 e. The average Bonchev–Trinajstić information content (AvgIpc) is 4.13. The van der Waals surface area contributed by atoms with Crippen LogP contribution >= 0.6 is 11.3 Å². The van der Waals surface area contributed by atoms with E-state index in [9.17, 15) is 33.9 Å². The van der Waals surface area contributed by atoms with Gasteiger partial charge >= 0.3 is 0 Å². The minimum absolute atomic E-state index is 0.0660. The Morgan fingerprint density at radius 1 is 0.803 bits per heavy atom. The molecule has 5 amide bonds. The maximum atomic E-state index is 14.0. The van der Waals surface area contributed by atoms with Crippen LogP contribution in [0.25, 0.3) is 11.1 Å². The monoisotopic (exact) mass is 976 g/mol. The number of rotatable bonds is 9. The summed E-state index contributed by atoms with van der Waals surface area (Å²) < 4.78 is 1.51. The van der Waals surface area contributed by atoms with E-state index in [1.54, 1.807) is 53.9 Å².